The van der Waals surface area contributed by atoms with Crippen LogP contribution in [-0.2, 0) is 28.6 Å². The van der Waals surface area contributed by atoms with Crippen molar-refractivity contribution in [2.24, 2.45) is 0 Å². The van der Waals surface area contributed by atoms with Gasteiger partial charge in [0.2, 0.25) is 5.69 Å². The molecule has 1 amide bonds. The Bertz CT molecular complexity index is 1500. The number of fused-ring (bicyclic) bond motifs is 1. The fourth-order valence-corrected chi connectivity index (χ4v) is 4.97. The molecule has 1 aliphatic rings. The molecule has 1 aliphatic heterocycles. The third-order valence-corrected chi connectivity index (χ3v) is 7.58. The van der Waals surface area contributed by atoms with Crippen LogP contribution in [0.25, 0.3) is 11.1 Å². The fraction of sp³-hybridized carbons (Fsp3) is 0.261. The molecule has 3 heterocycles. The summed E-state index contributed by atoms with van der Waals surface area (Å²) >= 11 is 0. The molecular weight excluding hydrogens is 528 g/mol. The molecule has 0 aliphatic carbocycles. The highest BCUT2D eigenvalue weighted by molar-refractivity contribution is 7.91. The van der Waals surface area contributed by atoms with E-state index in [0.717, 1.165) is 35.4 Å². The zero-order valence-corrected chi connectivity index (χ0v) is 19.7. The van der Waals surface area contributed by atoms with Crippen LogP contribution in [0.1, 0.15) is 34.2 Å². The van der Waals surface area contributed by atoms with Crippen LogP contribution in [0.5, 0.6) is 0 Å². The Labute approximate surface area is 206 Å². The van der Waals surface area contributed by atoms with Crippen LogP contribution in [0.3, 0.4) is 0 Å². The monoisotopic (exact) mass is 545 g/mol. The van der Waals surface area contributed by atoms with Crippen LogP contribution in [0, 0.1) is 5.21 Å². The molecule has 0 fully saturated rings. The summed E-state index contributed by atoms with van der Waals surface area (Å²) in [4.78, 5) is 17.5. The number of rotatable bonds is 4. The molecule has 0 saturated carbocycles. The van der Waals surface area contributed by atoms with Gasteiger partial charge < -0.3 is 10.1 Å². The molecule has 0 atom stereocenters. The van der Waals surface area contributed by atoms with E-state index in [2.05, 4.69) is 4.98 Å². The first-order valence-electron chi connectivity index (χ1n) is 10.7. The second kappa shape index (κ2) is 9.01. The van der Waals surface area contributed by atoms with Crippen LogP contribution in [0.4, 0.5) is 32.0 Å². The van der Waals surface area contributed by atoms with Crippen LogP contribution >= 0.6 is 0 Å². The maximum Gasteiger partial charge on any atom is 0.422 e. The summed E-state index contributed by atoms with van der Waals surface area (Å²) < 4.78 is 105. The van der Waals surface area contributed by atoms with E-state index in [0.29, 0.717) is 12.3 Å². The SMILES string of the molecule is CCS(=O)(=O)c1cc(-c2cccc(C(F)(F)F)c2)cnc1C(=O)N1CCc2c1cc(C(F)(F)F)c[n+]2[O-]. The van der Waals surface area contributed by atoms with E-state index in [1.807, 2.05) is 0 Å². The van der Waals surface area contributed by atoms with Gasteiger partial charge in [-0.05, 0) is 29.8 Å². The summed E-state index contributed by atoms with van der Waals surface area (Å²) in [7, 11) is -4.17. The smallest absolute Gasteiger partial charge is 0.422 e. The minimum Gasteiger partial charge on any atom is -0.618 e. The van der Waals surface area contributed by atoms with Crippen molar-refractivity contribution in [2.45, 2.75) is 30.6 Å². The van der Waals surface area contributed by atoms with Crippen molar-refractivity contribution >= 4 is 21.4 Å². The maximum atomic E-state index is 13.4. The molecule has 3 aromatic rings. The number of sulfone groups is 1. The second-order valence-corrected chi connectivity index (χ2v) is 10.4. The molecule has 0 bridgehead atoms. The van der Waals surface area contributed by atoms with Gasteiger partial charge >= 0.3 is 12.4 Å². The lowest BCUT2D eigenvalue weighted by Gasteiger charge is -2.19. The van der Waals surface area contributed by atoms with Gasteiger partial charge in [0.25, 0.3) is 5.91 Å². The Morgan fingerprint density at radius 2 is 1.73 bits per heavy atom. The van der Waals surface area contributed by atoms with Gasteiger partial charge in [0.05, 0.1) is 22.6 Å². The van der Waals surface area contributed by atoms with E-state index in [1.54, 1.807) is 0 Å². The first kappa shape index (κ1) is 26.4. The Morgan fingerprint density at radius 1 is 1.05 bits per heavy atom. The largest absolute Gasteiger partial charge is 0.618 e. The number of aromatic nitrogens is 2. The normalized spacial score (nSPS) is 14.1. The third kappa shape index (κ3) is 4.97. The lowest BCUT2D eigenvalue weighted by Crippen LogP contribution is -2.34. The number of carbonyl (C=O) groups excluding carboxylic acids is 1. The van der Waals surface area contributed by atoms with Gasteiger partial charge in [-0.3, -0.25) is 4.79 Å². The van der Waals surface area contributed by atoms with Gasteiger partial charge in [-0.25, -0.2) is 13.4 Å². The maximum absolute atomic E-state index is 13.4. The molecule has 0 N–H and O–H groups in total. The molecule has 0 unspecified atom stereocenters. The predicted octanol–water partition coefficient (Wildman–Crippen LogP) is 4.42. The number of hydrogen-bond donors (Lipinski definition) is 0. The summed E-state index contributed by atoms with van der Waals surface area (Å²) in [5, 5.41) is 12.1. The number of anilines is 1. The van der Waals surface area contributed by atoms with Gasteiger partial charge in [-0.2, -0.15) is 31.1 Å². The van der Waals surface area contributed by atoms with Crippen LogP contribution in [-0.4, -0.2) is 31.6 Å². The number of amides is 1. The van der Waals surface area contributed by atoms with E-state index in [1.165, 1.54) is 13.0 Å². The van der Waals surface area contributed by atoms with Crippen molar-refractivity contribution in [3.8, 4) is 11.1 Å². The molecule has 0 radical (unpaired) electrons. The van der Waals surface area contributed by atoms with Crippen molar-refractivity contribution in [1.82, 2.24) is 4.98 Å². The van der Waals surface area contributed by atoms with Crippen LogP contribution in [0.15, 0.2) is 53.7 Å². The highest BCUT2D eigenvalue weighted by Crippen LogP contribution is 2.36. The lowest BCUT2D eigenvalue weighted by atomic mass is 10.0. The summed E-state index contributed by atoms with van der Waals surface area (Å²) in [5.74, 6) is -1.56. The highest BCUT2D eigenvalue weighted by Gasteiger charge is 2.40. The number of alkyl halides is 6. The summed E-state index contributed by atoms with van der Waals surface area (Å²) in [6, 6.07) is 5.69. The molecule has 14 heteroatoms. The van der Waals surface area contributed by atoms with Crippen LogP contribution in [0.2, 0.25) is 0 Å². The summed E-state index contributed by atoms with van der Waals surface area (Å²) in [5.41, 5.74) is -3.38. The van der Waals surface area contributed by atoms with Gasteiger partial charge in [-0.1, -0.05) is 19.1 Å². The first-order chi connectivity index (χ1) is 17.1. The van der Waals surface area contributed by atoms with E-state index in [4.69, 9.17) is 0 Å². The Kier molecular flexibility index (Phi) is 6.42. The van der Waals surface area contributed by atoms with Gasteiger partial charge in [0.15, 0.2) is 16.0 Å². The number of carbonyl (C=O) groups is 1. The van der Waals surface area contributed by atoms with Crippen molar-refractivity contribution in [3.63, 3.8) is 0 Å². The molecule has 7 nitrogen and oxygen atoms in total. The molecule has 2 aromatic heterocycles. The van der Waals surface area contributed by atoms with Crippen molar-refractivity contribution in [3.05, 3.63) is 76.5 Å². The standard InChI is InChI=1S/C23H17F6N3O4S/c1-2-37(35,36)19-9-14(13-4-3-5-15(8-13)22(24,25)26)11-30-20(19)21(33)31-7-6-17-18(31)10-16(12-32(17)34)23(27,28)29/h3-5,8-12H,2,6-7H2,1H3. The highest BCUT2D eigenvalue weighted by atomic mass is 32.2. The Morgan fingerprint density at radius 3 is 2.35 bits per heavy atom. The average molecular weight is 545 g/mol. The molecular formula is C23H17F6N3O4S. The Hall–Kier alpha value is -3.68. The summed E-state index contributed by atoms with van der Waals surface area (Å²) in [6.45, 7) is 1.07. The van der Waals surface area contributed by atoms with Crippen molar-refractivity contribution in [2.75, 3.05) is 17.2 Å². The number of pyridine rings is 2. The molecule has 4 rings (SSSR count). The predicted molar refractivity (Wildman–Crippen MR) is 118 cm³/mol. The quantitative estimate of drug-likeness (QED) is 0.275. The van der Waals surface area contributed by atoms with E-state index in [-0.39, 0.29) is 40.2 Å². The number of nitrogens with zero attached hydrogens (tertiary/aromatic N) is 3. The minimum atomic E-state index is -4.87. The topological polar surface area (TPSA) is 94.3 Å². The number of benzene rings is 1. The number of hydrogen-bond acceptors (Lipinski definition) is 5. The van der Waals surface area contributed by atoms with E-state index in [9.17, 15) is 44.8 Å². The van der Waals surface area contributed by atoms with Crippen LogP contribution < -0.4 is 9.63 Å². The summed E-state index contributed by atoms with van der Waals surface area (Å²) in [6.07, 6.45) is -8.26. The van der Waals surface area contributed by atoms with Gasteiger partial charge in [0.1, 0.15) is 16.9 Å². The molecule has 1 aromatic carbocycles. The van der Waals surface area contributed by atoms with Gasteiger partial charge in [0, 0.05) is 18.3 Å². The molecule has 0 saturated heterocycles. The molecule has 196 valence electrons. The van der Waals surface area contributed by atoms with Crippen molar-refractivity contribution < 1.29 is 44.3 Å². The lowest BCUT2D eigenvalue weighted by molar-refractivity contribution is -0.613. The average Bonchev–Trinajstić information content (AvgIpc) is 3.27. The zero-order chi connectivity index (χ0) is 27.3. The minimum absolute atomic E-state index is 0.0115. The fourth-order valence-electron chi connectivity index (χ4n) is 3.92. The molecule has 37 heavy (non-hydrogen) atoms. The van der Waals surface area contributed by atoms with Crippen molar-refractivity contribution in [1.29, 1.82) is 0 Å². The zero-order valence-electron chi connectivity index (χ0n) is 18.9. The van der Waals surface area contributed by atoms with Gasteiger partial charge in [-0.15, -0.1) is 0 Å². The number of halogens is 6. The molecule has 0 spiro atoms. The third-order valence-electron chi connectivity index (χ3n) is 5.84. The first-order valence-corrected chi connectivity index (χ1v) is 12.3. The Balaban J connectivity index is 1.83. The van der Waals surface area contributed by atoms with E-state index < -0.39 is 55.6 Å². The van der Waals surface area contributed by atoms with E-state index >= 15 is 0 Å². The second-order valence-electron chi connectivity index (χ2n) is 8.14.